The predicted molar refractivity (Wildman–Crippen MR) is 77.5 cm³/mol. The zero-order valence-corrected chi connectivity index (χ0v) is 12.2. The molecule has 2 aromatic rings. The fourth-order valence-electron chi connectivity index (χ4n) is 2.52. The van der Waals surface area contributed by atoms with E-state index in [2.05, 4.69) is 0 Å². The zero-order valence-electron chi connectivity index (χ0n) is 12.2. The molecule has 0 aliphatic carbocycles. The molecule has 1 saturated heterocycles. The Balaban J connectivity index is 1.91. The lowest BCUT2D eigenvalue weighted by Crippen LogP contribution is -2.60. The molecule has 1 aliphatic heterocycles. The molecule has 0 radical (unpaired) electrons. The number of anilines is 1. The van der Waals surface area contributed by atoms with Crippen molar-refractivity contribution >= 4 is 17.6 Å². The number of esters is 1. The molecular weight excluding hydrogens is 286 g/mol. The minimum absolute atomic E-state index is 0.276. The zero-order chi connectivity index (χ0) is 15.7. The number of carbonyl (C=O) groups excluding carboxylic acids is 2. The van der Waals surface area contributed by atoms with Crippen molar-refractivity contribution < 1.29 is 23.5 Å². The van der Waals surface area contributed by atoms with Crippen LogP contribution in [0.5, 0.6) is 5.75 Å². The first-order valence-electron chi connectivity index (χ1n) is 6.79. The Morgan fingerprint density at radius 1 is 1.23 bits per heavy atom. The summed E-state index contributed by atoms with van der Waals surface area (Å²) in [7, 11) is 1.58. The fraction of sp³-hybridized carbons (Fsp3) is 0.250. The highest BCUT2D eigenvalue weighted by atomic mass is 16.6. The third-order valence-corrected chi connectivity index (χ3v) is 3.52. The first-order chi connectivity index (χ1) is 10.6. The van der Waals surface area contributed by atoms with Crippen molar-refractivity contribution in [1.82, 2.24) is 0 Å². The second kappa shape index (κ2) is 5.55. The van der Waals surface area contributed by atoms with E-state index in [4.69, 9.17) is 13.9 Å². The number of nitrogens with zero attached hydrogens (tertiary/aromatic N) is 1. The predicted octanol–water partition coefficient (Wildman–Crippen LogP) is 2.31. The van der Waals surface area contributed by atoms with Gasteiger partial charge in [-0.15, -0.1) is 0 Å². The van der Waals surface area contributed by atoms with Crippen molar-refractivity contribution in [3.63, 3.8) is 0 Å². The van der Waals surface area contributed by atoms with Crippen LogP contribution in [0.4, 0.5) is 5.69 Å². The molecule has 0 bridgehead atoms. The van der Waals surface area contributed by atoms with Gasteiger partial charge in [0.05, 0.1) is 13.4 Å². The van der Waals surface area contributed by atoms with Crippen LogP contribution in [0.1, 0.15) is 18.7 Å². The van der Waals surface area contributed by atoms with Crippen LogP contribution in [0.2, 0.25) is 0 Å². The van der Waals surface area contributed by atoms with Gasteiger partial charge in [-0.1, -0.05) is 0 Å². The van der Waals surface area contributed by atoms with Gasteiger partial charge in [0.15, 0.2) is 0 Å². The number of amides is 1. The van der Waals surface area contributed by atoms with Crippen LogP contribution < -0.4 is 9.64 Å². The molecule has 1 aromatic carbocycles. The van der Waals surface area contributed by atoms with Gasteiger partial charge in [0.2, 0.25) is 6.10 Å². The van der Waals surface area contributed by atoms with Crippen LogP contribution in [0.3, 0.4) is 0 Å². The molecule has 6 heteroatoms. The number of β-lactam (4-membered cyclic amide) rings is 1. The van der Waals surface area contributed by atoms with Gasteiger partial charge in [0, 0.05) is 12.6 Å². The van der Waals surface area contributed by atoms with E-state index in [9.17, 15) is 9.59 Å². The van der Waals surface area contributed by atoms with Gasteiger partial charge in [-0.25, -0.2) is 0 Å². The van der Waals surface area contributed by atoms with Crippen LogP contribution >= 0.6 is 0 Å². The Hall–Kier alpha value is -2.76. The van der Waals surface area contributed by atoms with E-state index in [1.165, 1.54) is 13.2 Å². The number of furan rings is 1. The van der Waals surface area contributed by atoms with Gasteiger partial charge >= 0.3 is 5.97 Å². The highest BCUT2D eigenvalue weighted by Crippen LogP contribution is 2.41. The molecule has 22 heavy (non-hydrogen) atoms. The number of ether oxygens (including phenoxy) is 2. The fourth-order valence-corrected chi connectivity index (χ4v) is 2.52. The maximum absolute atomic E-state index is 12.3. The highest BCUT2D eigenvalue weighted by Gasteiger charge is 2.53. The molecule has 1 fully saturated rings. The average Bonchev–Trinajstić information content (AvgIpc) is 3.03. The minimum Gasteiger partial charge on any atom is -0.497 e. The normalized spacial score (nSPS) is 20.5. The largest absolute Gasteiger partial charge is 0.497 e. The number of hydrogen-bond donors (Lipinski definition) is 0. The van der Waals surface area contributed by atoms with E-state index in [-0.39, 0.29) is 5.91 Å². The number of carbonyl (C=O) groups is 2. The van der Waals surface area contributed by atoms with E-state index in [0.29, 0.717) is 17.2 Å². The maximum Gasteiger partial charge on any atom is 0.303 e. The minimum atomic E-state index is -0.856. The molecule has 0 saturated carbocycles. The van der Waals surface area contributed by atoms with Gasteiger partial charge in [-0.05, 0) is 36.4 Å². The van der Waals surface area contributed by atoms with Crippen LogP contribution in [0.15, 0.2) is 47.1 Å². The molecule has 2 atom stereocenters. The summed E-state index contributed by atoms with van der Waals surface area (Å²) in [5.41, 5.74) is 0.690. The second-order valence-electron chi connectivity index (χ2n) is 4.90. The van der Waals surface area contributed by atoms with E-state index in [1.807, 2.05) is 0 Å². The van der Waals surface area contributed by atoms with Crippen molar-refractivity contribution in [1.29, 1.82) is 0 Å². The van der Waals surface area contributed by atoms with E-state index >= 15 is 0 Å². The second-order valence-corrected chi connectivity index (χ2v) is 4.90. The lowest BCUT2D eigenvalue weighted by Gasteiger charge is -2.44. The van der Waals surface area contributed by atoms with Gasteiger partial charge in [0.1, 0.15) is 17.6 Å². The summed E-state index contributed by atoms with van der Waals surface area (Å²) in [6, 6.07) is 10.1. The van der Waals surface area contributed by atoms with Gasteiger partial charge in [-0.3, -0.25) is 14.5 Å². The standard InChI is InChI=1S/C16H15NO5/c1-10(18)22-15-14(13-4-3-9-21-13)17(16(15)19)11-5-7-12(20-2)8-6-11/h3-9,14-15H,1-2H3/t14?,15-/m0/s1. The molecule has 114 valence electrons. The van der Waals surface area contributed by atoms with E-state index < -0.39 is 18.1 Å². The van der Waals surface area contributed by atoms with Crippen molar-refractivity contribution in [2.75, 3.05) is 12.0 Å². The molecule has 1 aromatic heterocycles. The van der Waals surface area contributed by atoms with Crippen LogP contribution in [0.25, 0.3) is 0 Å². The van der Waals surface area contributed by atoms with Gasteiger partial charge < -0.3 is 13.9 Å². The number of benzene rings is 1. The third-order valence-electron chi connectivity index (χ3n) is 3.52. The quantitative estimate of drug-likeness (QED) is 0.640. The van der Waals surface area contributed by atoms with E-state index in [1.54, 1.807) is 48.4 Å². The molecule has 1 amide bonds. The molecular formula is C16H15NO5. The van der Waals surface area contributed by atoms with Crippen LogP contribution in [0, 0.1) is 0 Å². The monoisotopic (exact) mass is 301 g/mol. The smallest absolute Gasteiger partial charge is 0.303 e. The molecule has 3 rings (SSSR count). The van der Waals surface area contributed by atoms with E-state index in [0.717, 1.165) is 0 Å². The summed E-state index contributed by atoms with van der Waals surface area (Å²) in [6.07, 6.45) is 0.667. The lowest BCUT2D eigenvalue weighted by molar-refractivity contribution is -0.161. The third kappa shape index (κ3) is 2.32. The topological polar surface area (TPSA) is 69.0 Å². The Kier molecular flexibility index (Phi) is 3.58. The summed E-state index contributed by atoms with van der Waals surface area (Å²) in [5, 5.41) is 0. The average molecular weight is 301 g/mol. The summed E-state index contributed by atoms with van der Waals surface area (Å²) >= 11 is 0. The van der Waals surface area contributed by atoms with Gasteiger partial charge in [0.25, 0.3) is 5.91 Å². The Labute approximate surface area is 127 Å². The van der Waals surface area contributed by atoms with Gasteiger partial charge in [-0.2, -0.15) is 0 Å². The Bertz CT molecular complexity index is 677. The molecule has 1 aliphatic rings. The first-order valence-corrected chi connectivity index (χ1v) is 6.79. The summed E-state index contributed by atoms with van der Waals surface area (Å²) < 4.78 is 15.6. The molecule has 1 unspecified atom stereocenters. The SMILES string of the molecule is COc1ccc(N2C(=O)[C@@H](OC(C)=O)C2c2ccco2)cc1. The maximum atomic E-state index is 12.3. The van der Waals surface area contributed by atoms with Crippen LogP contribution in [-0.2, 0) is 14.3 Å². The number of hydrogen-bond acceptors (Lipinski definition) is 5. The van der Waals surface area contributed by atoms with Crippen molar-refractivity contribution in [3.05, 3.63) is 48.4 Å². The molecule has 2 heterocycles. The summed E-state index contributed by atoms with van der Waals surface area (Å²) in [4.78, 5) is 25.1. The summed E-state index contributed by atoms with van der Waals surface area (Å²) in [6.45, 7) is 1.28. The molecule has 0 N–H and O–H groups in total. The number of rotatable bonds is 4. The first kappa shape index (κ1) is 14.2. The van der Waals surface area contributed by atoms with Crippen LogP contribution in [-0.4, -0.2) is 25.1 Å². The van der Waals surface area contributed by atoms with Crippen molar-refractivity contribution in [2.45, 2.75) is 19.1 Å². The highest BCUT2D eigenvalue weighted by molar-refractivity contribution is 6.05. The summed E-state index contributed by atoms with van der Waals surface area (Å²) in [5.74, 6) is 0.496. The van der Waals surface area contributed by atoms with Crippen molar-refractivity contribution in [3.8, 4) is 5.75 Å². The Morgan fingerprint density at radius 2 is 1.95 bits per heavy atom. The molecule has 0 spiro atoms. The van der Waals surface area contributed by atoms with Crippen molar-refractivity contribution in [2.24, 2.45) is 0 Å². The molecule has 6 nitrogen and oxygen atoms in total. The number of methoxy groups -OCH3 is 1. The lowest BCUT2D eigenvalue weighted by atomic mass is 9.94. The Morgan fingerprint density at radius 3 is 2.50 bits per heavy atom.